The number of hydrogen-bond donors (Lipinski definition) is 1. The Balaban J connectivity index is 1.46. The van der Waals surface area contributed by atoms with Crippen molar-refractivity contribution in [2.24, 2.45) is 5.92 Å². The average molecular weight is 334 g/mol. The fourth-order valence-electron chi connectivity index (χ4n) is 4.50. The molecular weight excluding hydrogens is 308 g/mol. The van der Waals surface area contributed by atoms with Gasteiger partial charge < -0.3 is 10.6 Å². The molecular formula is C22H26N2O. The van der Waals surface area contributed by atoms with Gasteiger partial charge in [-0.25, -0.2) is 0 Å². The Labute approximate surface area is 149 Å². The van der Waals surface area contributed by atoms with E-state index in [1.165, 1.54) is 5.56 Å². The normalized spacial score (nSPS) is 23.1. The highest BCUT2D eigenvalue weighted by molar-refractivity contribution is 5.97. The molecule has 0 radical (unpaired) electrons. The van der Waals surface area contributed by atoms with Crippen molar-refractivity contribution in [3.63, 3.8) is 0 Å². The topological polar surface area (TPSA) is 46.3 Å². The van der Waals surface area contributed by atoms with Crippen LogP contribution in [-0.2, 0) is 11.2 Å². The van der Waals surface area contributed by atoms with E-state index in [4.69, 9.17) is 5.73 Å². The van der Waals surface area contributed by atoms with Crippen LogP contribution in [0.1, 0.15) is 49.1 Å². The van der Waals surface area contributed by atoms with Crippen molar-refractivity contribution in [3.8, 4) is 0 Å². The first-order valence-corrected chi connectivity index (χ1v) is 9.47. The lowest BCUT2D eigenvalue weighted by atomic mass is 9.78. The first kappa shape index (κ1) is 16.2. The highest BCUT2D eigenvalue weighted by atomic mass is 16.2. The number of carbonyl (C=O) groups is 1. The van der Waals surface area contributed by atoms with E-state index in [0.29, 0.717) is 11.8 Å². The molecule has 1 aliphatic carbocycles. The number of anilines is 2. The molecule has 3 heteroatoms. The smallest absolute Gasteiger partial charge is 0.230 e. The molecule has 4 rings (SSSR count). The van der Waals surface area contributed by atoms with Gasteiger partial charge in [0.1, 0.15) is 0 Å². The van der Waals surface area contributed by atoms with Crippen LogP contribution < -0.4 is 10.6 Å². The Kier molecular flexibility index (Phi) is 4.48. The van der Waals surface area contributed by atoms with Crippen molar-refractivity contribution in [1.82, 2.24) is 0 Å². The minimum Gasteiger partial charge on any atom is -0.398 e. The highest BCUT2D eigenvalue weighted by Crippen LogP contribution is 2.38. The molecule has 1 fully saturated rings. The van der Waals surface area contributed by atoms with Crippen LogP contribution in [0, 0.1) is 5.92 Å². The second-order valence-electron chi connectivity index (χ2n) is 7.40. The van der Waals surface area contributed by atoms with Crippen molar-refractivity contribution in [1.29, 1.82) is 0 Å². The van der Waals surface area contributed by atoms with Gasteiger partial charge in [0.25, 0.3) is 0 Å². The summed E-state index contributed by atoms with van der Waals surface area (Å²) < 4.78 is 0. The summed E-state index contributed by atoms with van der Waals surface area (Å²) in [5.41, 5.74) is 10.6. The lowest BCUT2D eigenvalue weighted by Gasteiger charge is -2.35. The summed E-state index contributed by atoms with van der Waals surface area (Å²) in [5, 5.41) is 0. The predicted octanol–water partition coefficient (Wildman–Crippen LogP) is 4.52. The van der Waals surface area contributed by atoms with Crippen molar-refractivity contribution < 1.29 is 4.79 Å². The van der Waals surface area contributed by atoms with Crippen LogP contribution in [-0.4, -0.2) is 12.5 Å². The first-order valence-electron chi connectivity index (χ1n) is 9.47. The van der Waals surface area contributed by atoms with Crippen LogP contribution in [0.15, 0.2) is 48.5 Å². The largest absolute Gasteiger partial charge is 0.398 e. The van der Waals surface area contributed by atoms with Gasteiger partial charge in [-0.2, -0.15) is 0 Å². The first-order chi connectivity index (χ1) is 12.2. The number of carbonyl (C=O) groups excluding carboxylic acids is 1. The van der Waals surface area contributed by atoms with Crippen molar-refractivity contribution >= 4 is 17.3 Å². The Hall–Kier alpha value is -2.29. The number of nitrogens with two attached hydrogens (primary N) is 1. The molecule has 25 heavy (non-hydrogen) atoms. The number of amides is 1. The molecule has 0 bridgehead atoms. The van der Waals surface area contributed by atoms with Gasteiger partial charge in [0.05, 0.1) is 0 Å². The van der Waals surface area contributed by atoms with Gasteiger partial charge in [0.2, 0.25) is 5.91 Å². The third-order valence-electron chi connectivity index (χ3n) is 5.90. The number of fused-ring (bicyclic) bond motifs is 1. The van der Waals surface area contributed by atoms with Gasteiger partial charge in [-0.15, -0.1) is 0 Å². The van der Waals surface area contributed by atoms with Crippen LogP contribution in [0.25, 0.3) is 0 Å². The summed E-state index contributed by atoms with van der Waals surface area (Å²) in [7, 11) is 0. The molecule has 130 valence electrons. The zero-order valence-electron chi connectivity index (χ0n) is 14.7. The second-order valence-corrected chi connectivity index (χ2v) is 7.40. The molecule has 2 N–H and O–H groups in total. The van der Waals surface area contributed by atoms with Gasteiger partial charge >= 0.3 is 0 Å². The molecule has 2 aliphatic rings. The number of benzene rings is 2. The summed E-state index contributed by atoms with van der Waals surface area (Å²) in [5.74, 6) is 1.07. The standard InChI is InChI=1S/C22H26N2O/c23-20-9-4-10-21-19(20)8-5-15-24(21)22(25)18-13-11-17(12-14-18)16-6-2-1-3-7-16/h1-4,6-7,9-10,17-18H,5,8,11-15,23H2. The second kappa shape index (κ2) is 6.91. The van der Waals surface area contributed by atoms with E-state index < -0.39 is 0 Å². The molecule has 0 spiro atoms. The Morgan fingerprint density at radius 3 is 2.48 bits per heavy atom. The SMILES string of the molecule is Nc1cccc2c1CCCN2C(=O)C1CCC(c2ccccc2)CC1. The van der Waals surface area contributed by atoms with Gasteiger partial charge in [0.15, 0.2) is 0 Å². The van der Waals surface area contributed by atoms with E-state index in [9.17, 15) is 4.79 Å². The van der Waals surface area contributed by atoms with E-state index in [0.717, 1.165) is 62.0 Å². The average Bonchev–Trinajstić information content (AvgIpc) is 2.68. The van der Waals surface area contributed by atoms with Crippen LogP contribution >= 0.6 is 0 Å². The summed E-state index contributed by atoms with van der Waals surface area (Å²) in [6, 6.07) is 16.7. The van der Waals surface area contributed by atoms with Crippen LogP contribution in [0.3, 0.4) is 0 Å². The summed E-state index contributed by atoms with van der Waals surface area (Å²) in [6.07, 6.45) is 6.19. The maximum atomic E-state index is 13.2. The number of nitrogen functional groups attached to an aromatic ring is 1. The Bertz CT molecular complexity index is 748. The number of hydrogen-bond acceptors (Lipinski definition) is 2. The zero-order valence-corrected chi connectivity index (χ0v) is 14.7. The Morgan fingerprint density at radius 1 is 0.960 bits per heavy atom. The van der Waals surface area contributed by atoms with E-state index >= 15 is 0 Å². The molecule has 1 amide bonds. The van der Waals surface area contributed by atoms with Gasteiger partial charge in [0, 0.05) is 23.8 Å². The van der Waals surface area contributed by atoms with Crippen LogP contribution in [0.5, 0.6) is 0 Å². The third-order valence-corrected chi connectivity index (χ3v) is 5.90. The van der Waals surface area contributed by atoms with Crippen LogP contribution in [0.4, 0.5) is 11.4 Å². The van der Waals surface area contributed by atoms with Gasteiger partial charge in [-0.3, -0.25) is 4.79 Å². The zero-order chi connectivity index (χ0) is 17.2. The van der Waals surface area contributed by atoms with Crippen molar-refractivity contribution in [2.45, 2.75) is 44.4 Å². The molecule has 0 unspecified atom stereocenters. The lowest BCUT2D eigenvalue weighted by molar-refractivity contribution is -0.123. The van der Waals surface area contributed by atoms with Crippen molar-refractivity contribution in [2.75, 3.05) is 17.2 Å². The summed E-state index contributed by atoms with van der Waals surface area (Å²) >= 11 is 0. The molecule has 3 nitrogen and oxygen atoms in total. The van der Waals surface area contributed by atoms with Crippen molar-refractivity contribution in [3.05, 3.63) is 59.7 Å². The number of nitrogens with zero attached hydrogens (tertiary/aromatic N) is 1. The molecule has 0 atom stereocenters. The predicted molar refractivity (Wildman–Crippen MR) is 103 cm³/mol. The minimum absolute atomic E-state index is 0.160. The monoisotopic (exact) mass is 334 g/mol. The fraction of sp³-hybridized carbons (Fsp3) is 0.409. The minimum atomic E-state index is 0.160. The quantitative estimate of drug-likeness (QED) is 0.821. The highest BCUT2D eigenvalue weighted by Gasteiger charge is 2.32. The molecule has 2 aromatic carbocycles. The molecule has 2 aromatic rings. The van der Waals surface area contributed by atoms with Gasteiger partial charge in [-0.05, 0) is 67.7 Å². The molecule has 1 aliphatic heterocycles. The van der Waals surface area contributed by atoms with Gasteiger partial charge in [-0.1, -0.05) is 36.4 Å². The maximum Gasteiger partial charge on any atom is 0.230 e. The summed E-state index contributed by atoms with van der Waals surface area (Å²) in [6.45, 7) is 0.827. The lowest BCUT2D eigenvalue weighted by Crippen LogP contribution is -2.40. The van der Waals surface area contributed by atoms with E-state index in [-0.39, 0.29) is 5.92 Å². The summed E-state index contributed by atoms with van der Waals surface area (Å²) in [4.78, 5) is 15.2. The third kappa shape index (κ3) is 3.15. The van der Waals surface area contributed by atoms with E-state index in [2.05, 4.69) is 36.4 Å². The van der Waals surface area contributed by atoms with Crippen LogP contribution in [0.2, 0.25) is 0 Å². The molecule has 0 saturated heterocycles. The van der Waals surface area contributed by atoms with E-state index in [1.54, 1.807) is 0 Å². The van der Waals surface area contributed by atoms with E-state index in [1.807, 2.05) is 17.0 Å². The molecule has 1 saturated carbocycles. The number of rotatable bonds is 2. The fourth-order valence-corrected chi connectivity index (χ4v) is 4.50. The molecule has 1 heterocycles. The molecule has 0 aromatic heterocycles. The Morgan fingerprint density at radius 2 is 1.72 bits per heavy atom. The maximum absolute atomic E-state index is 13.2.